The van der Waals surface area contributed by atoms with Gasteiger partial charge in [0, 0.05) is 25.8 Å². The lowest BCUT2D eigenvalue weighted by atomic mass is 10.2. The van der Waals surface area contributed by atoms with E-state index in [-0.39, 0.29) is 5.56 Å². The topological polar surface area (TPSA) is 50.2 Å². The number of hydrogen-bond acceptors (Lipinski definition) is 3. The Kier molecular flexibility index (Phi) is 5.01. The summed E-state index contributed by atoms with van der Waals surface area (Å²) >= 11 is 8.12. The summed E-state index contributed by atoms with van der Waals surface area (Å²) in [7, 11) is 0. The molecule has 0 unspecified atom stereocenters. The van der Waals surface area contributed by atoms with Crippen molar-refractivity contribution in [1.82, 2.24) is 4.98 Å². The molecule has 0 atom stereocenters. The fourth-order valence-corrected chi connectivity index (χ4v) is 2.91. The normalized spacial score (nSPS) is 10.4. The maximum atomic E-state index is 11.0. The molecule has 0 aliphatic rings. The maximum Gasteiger partial charge on any atom is 0.336 e. The molecular formula is C13H9Br2NO2S. The van der Waals surface area contributed by atoms with Crippen LogP contribution in [0, 0.1) is 0 Å². The molecule has 1 N–H and O–H groups in total. The highest BCUT2D eigenvalue weighted by Gasteiger charge is 2.09. The Morgan fingerprint density at radius 2 is 2.05 bits per heavy atom. The highest BCUT2D eigenvalue weighted by atomic mass is 79.9. The standard InChI is InChI=1S/C13H9Br2NO2S/c14-8-1-2-9(16-6-8)7-19-10-3-4-12(15)11(5-10)13(17)18/h1-6H,7H2,(H,17,18). The molecule has 98 valence electrons. The first-order valence-electron chi connectivity index (χ1n) is 5.32. The van der Waals surface area contributed by atoms with Gasteiger partial charge in [-0.2, -0.15) is 0 Å². The predicted octanol–water partition coefficient (Wildman–Crippen LogP) is 4.60. The quantitative estimate of drug-likeness (QED) is 0.759. The van der Waals surface area contributed by atoms with E-state index in [9.17, 15) is 4.79 Å². The maximum absolute atomic E-state index is 11.0. The van der Waals surface area contributed by atoms with Crippen molar-refractivity contribution in [2.24, 2.45) is 0 Å². The van der Waals surface area contributed by atoms with Gasteiger partial charge in [0.1, 0.15) is 0 Å². The number of carboxylic acid groups (broad SMARTS) is 1. The van der Waals surface area contributed by atoms with Gasteiger partial charge in [0.05, 0.1) is 11.3 Å². The lowest BCUT2D eigenvalue weighted by molar-refractivity contribution is 0.0695. The molecule has 1 aromatic heterocycles. The van der Waals surface area contributed by atoms with E-state index in [1.165, 1.54) is 0 Å². The fraction of sp³-hybridized carbons (Fsp3) is 0.0769. The van der Waals surface area contributed by atoms with Crippen LogP contribution in [0.4, 0.5) is 0 Å². The average molecular weight is 403 g/mol. The molecule has 2 rings (SSSR count). The van der Waals surface area contributed by atoms with E-state index in [1.54, 1.807) is 30.1 Å². The van der Waals surface area contributed by atoms with Gasteiger partial charge < -0.3 is 5.11 Å². The molecule has 6 heteroatoms. The van der Waals surface area contributed by atoms with E-state index in [0.29, 0.717) is 10.2 Å². The second-order valence-electron chi connectivity index (χ2n) is 3.70. The molecule has 0 spiro atoms. The first-order valence-corrected chi connectivity index (χ1v) is 7.89. The smallest absolute Gasteiger partial charge is 0.336 e. The third-order valence-corrected chi connectivity index (χ3v) is 4.53. The van der Waals surface area contributed by atoms with Gasteiger partial charge in [0.25, 0.3) is 0 Å². The Balaban J connectivity index is 2.09. The number of aromatic carboxylic acids is 1. The van der Waals surface area contributed by atoms with E-state index in [4.69, 9.17) is 5.11 Å². The van der Waals surface area contributed by atoms with Crippen LogP contribution >= 0.6 is 43.6 Å². The minimum atomic E-state index is -0.934. The number of carbonyl (C=O) groups is 1. The first kappa shape index (κ1) is 14.6. The summed E-state index contributed by atoms with van der Waals surface area (Å²) in [6.07, 6.45) is 1.75. The van der Waals surface area contributed by atoms with Gasteiger partial charge >= 0.3 is 5.97 Å². The Morgan fingerprint density at radius 1 is 1.26 bits per heavy atom. The van der Waals surface area contributed by atoms with E-state index >= 15 is 0 Å². The second kappa shape index (κ2) is 6.54. The van der Waals surface area contributed by atoms with Crippen molar-refractivity contribution < 1.29 is 9.90 Å². The predicted molar refractivity (Wildman–Crippen MR) is 82.6 cm³/mol. The third kappa shape index (κ3) is 4.06. The van der Waals surface area contributed by atoms with Crippen LogP contribution < -0.4 is 0 Å². The number of pyridine rings is 1. The molecule has 0 saturated heterocycles. The average Bonchev–Trinajstić information content (AvgIpc) is 2.39. The summed E-state index contributed by atoms with van der Waals surface area (Å²) in [5, 5.41) is 9.05. The molecule has 0 amide bonds. The number of aromatic nitrogens is 1. The van der Waals surface area contributed by atoms with Crippen LogP contribution in [0.1, 0.15) is 16.1 Å². The number of rotatable bonds is 4. The summed E-state index contributed by atoms with van der Waals surface area (Å²) in [6, 6.07) is 9.18. The van der Waals surface area contributed by atoms with E-state index in [0.717, 1.165) is 15.1 Å². The van der Waals surface area contributed by atoms with Crippen LogP contribution in [0.5, 0.6) is 0 Å². The number of hydrogen-bond donors (Lipinski definition) is 1. The Morgan fingerprint density at radius 3 is 2.68 bits per heavy atom. The van der Waals surface area contributed by atoms with Crippen molar-refractivity contribution in [1.29, 1.82) is 0 Å². The van der Waals surface area contributed by atoms with E-state index < -0.39 is 5.97 Å². The third-order valence-electron chi connectivity index (χ3n) is 2.34. The van der Waals surface area contributed by atoms with Crippen molar-refractivity contribution >= 4 is 49.6 Å². The number of halogens is 2. The first-order chi connectivity index (χ1) is 9.06. The number of nitrogens with zero attached hydrogens (tertiary/aromatic N) is 1. The molecule has 0 saturated carbocycles. The summed E-state index contributed by atoms with van der Waals surface area (Å²) < 4.78 is 1.53. The molecule has 0 aliphatic heterocycles. The SMILES string of the molecule is O=C(O)c1cc(SCc2ccc(Br)cn2)ccc1Br. The molecule has 1 aromatic carbocycles. The van der Waals surface area contributed by atoms with Crippen LogP contribution in [-0.2, 0) is 5.75 Å². The minimum absolute atomic E-state index is 0.272. The number of thioether (sulfide) groups is 1. The van der Waals surface area contributed by atoms with Gasteiger partial charge in [-0.3, -0.25) is 4.98 Å². The summed E-state index contributed by atoms with van der Waals surface area (Å²) in [5.74, 6) is -0.232. The Bertz CT molecular complexity index is 602. The van der Waals surface area contributed by atoms with Crippen LogP contribution in [0.25, 0.3) is 0 Å². The summed E-state index contributed by atoms with van der Waals surface area (Å²) in [6.45, 7) is 0. The van der Waals surface area contributed by atoms with Gasteiger partial charge in [-0.05, 0) is 62.2 Å². The molecule has 0 aliphatic carbocycles. The lowest BCUT2D eigenvalue weighted by Crippen LogP contribution is -1.97. The highest BCUT2D eigenvalue weighted by Crippen LogP contribution is 2.27. The van der Waals surface area contributed by atoms with Gasteiger partial charge in [-0.15, -0.1) is 11.8 Å². The Labute approximate surface area is 131 Å². The second-order valence-corrected chi connectivity index (χ2v) is 6.52. The monoisotopic (exact) mass is 401 g/mol. The molecule has 19 heavy (non-hydrogen) atoms. The largest absolute Gasteiger partial charge is 0.478 e. The van der Waals surface area contributed by atoms with Gasteiger partial charge in [-0.25, -0.2) is 4.79 Å². The number of benzene rings is 1. The molecule has 2 aromatic rings. The molecular weight excluding hydrogens is 394 g/mol. The van der Waals surface area contributed by atoms with Crippen molar-refractivity contribution in [2.45, 2.75) is 10.6 Å². The van der Waals surface area contributed by atoms with E-state index in [1.807, 2.05) is 18.2 Å². The van der Waals surface area contributed by atoms with Crippen LogP contribution in [0.3, 0.4) is 0 Å². The van der Waals surface area contributed by atoms with Gasteiger partial charge in [0.15, 0.2) is 0 Å². The highest BCUT2D eigenvalue weighted by molar-refractivity contribution is 9.10. The molecule has 3 nitrogen and oxygen atoms in total. The fourth-order valence-electron chi connectivity index (χ4n) is 1.41. The lowest BCUT2D eigenvalue weighted by Gasteiger charge is -2.04. The Hall–Kier alpha value is -0.850. The van der Waals surface area contributed by atoms with Crippen LogP contribution in [0.2, 0.25) is 0 Å². The molecule has 0 fully saturated rings. The number of carboxylic acids is 1. The van der Waals surface area contributed by atoms with Crippen LogP contribution in [0.15, 0.2) is 50.4 Å². The molecule has 0 radical (unpaired) electrons. The van der Waals surface area contributed by atoms with Crippen molar-refractivity contribution in [3.63, 3.8) is 0 Å². The zero-order valence-corrected chi connectivity index (χ0v) is 13.6. The van der Waals surface area contributed by atoms with Crippen molar-refractivity contribution in [3.05, 3.63) is 56.7 Å². The van der Waals surface area contributed by atoms with Gasteiger partial charge in [-0.1, -0.05) is 0 Å². The minimum Gasteiger partial charge on any atom is -0.478 e. The zero-order valence-electron chi connectivity index (χ0n) is 9.64. The van der Waals surface area contributed by atoms with E-state index in [2.05, 4.69) is 36.8 Å². The van der Waals surface area contributed by atoms with Crippen LogP contribution in [-0.4, -0.2) is 16.1 Å². The van der Waals surface area contributed by atoms with Gasteiger partial charge in [0.2, 0.25) is 0 Å². The van der Waals surface area contributed by atoms with Crippen molar-refractivity contribution in [2.75, 3.05) is 0 Å². The summed E-state index contributed by atoms with van der Waals surface area (Å²) in [4.78, 5) is 16.2. The molecule has 1 heterocycles. The van der Waals surface area contributed by atoms with Crippen molar-refractivity contribution in [3.8, 4) is 0 Å². The zero-order chi connectivity index (χ0) is 13.8. The molecule has 0 bridgehead atoms. The summed E-state index contributed by atoms with van der Waals surface area (Å²) in [5.41, 5.74) is 1.22.